The second-order valence-corrected chi connectivity index (χ2v) is 7.02. The SMILES string of the molecule is COc1ccc(C(C)C)c(CO)c1OS(=O)(=O)c1cccc(F)c1. The van der Waals surface area contributed by atoms with Crippen LogP contribution in [0.4, 0.5) is 4.39 Å². The van der Waals surface area contributed by atoms with Gasteiger partial charge >= 0.3 is 10.1 Å². The minimum atomic E-state index is -4.27. The number of aliphatic hydroxyl groups excluding tert-OH is 1. The van der Waals surface area contributed by atoms with Crippen molar-refractivity contribution in [3.05, 3.63) is 53.3 Å². The van der Waals surface area contributed by atoms with Crippen LogP contribution in [0, 0.1) is 5.82 Å². The van der Waals surface area contributed by atoms with Crippen LogP contribution in [0.25, 0.3) is 0 Å². The smallest absolute Gasteiger partial charge is 0.339 e. The Labute approximate surface area is 140 Å². The van der Waals surface area contributed by atoms with Gasteiger partial charge in [0, 0.05) is 5.56 Å². The lowest BCUT2D eigenvalue weighted by atomic mass is 9.96. The molecule has 0 heterocycles. The van der Waals surface area contributed by atoms with Gasteiger partial charge in [-0.1, -0.05) is 26.0 Å². The van der Waals surface area contributed by atoms with Gasteiger partial charge in [-0.2, -0.15) is 8.42 Å². The molecule has 0 radical (unpaired) electrons. The Morgan fingerprint density at radius 3 is 2.46 bits per heavy atom. The lowest BCUT2D eigenvalue weighted by Gasteiger charge is -2.18. The first-order valence-corrected chi connectivity index (χ1v) is 8.71. The summed E-state index contributed by atoms with van der Waals surface area (Å²) in [6.07, 6.45) is 0. The molecule has 0 amide bonds. The van der Waals surface area contributed by atoms with Crippen molar-refractivity contribution in [1.82, 2.24) is 0 Å². The number of benzene rings is 2. The average Bonchev–Trinajstić information content (AvgIpc) is 2.54. The number of methoxy groups -OCH3 is 1. The monoisotopic (exact) mass is 354 g/mol. The summed E-state index contributed by atoms with van der Waals surface area (Å²) < 4.78 is 48.6. The molecule has 0 aromatic heterocycles. The number of rotatable bonds is 6. The second-order valence-electron chi connectivity index (χ2n) is 5.47. The molecule has 0 bridgehead atoms. The van der Waals surface area contributed by atoms with Gasteiger partial charge in [0.05, 0.1) is 13.7 Å². The average molecular weight is 354 g/mol. The molecule has 0 atom stereocenters. The molecule has 7 heteroatoms. The third kappa shape index (κ3) is 3.68. The Morgan fingerprint density at radius 2 is 1.92 bits per heavy atom. The predicted octanol–water partition coefficient (Wildman–Crippen LogP) is 3.22. The van der Waals surface area contributed by atoms with E-state index in [1.54, 1.807) is 12.1 Å². The highest BCUT2D eigenvalue weighted by atomic mass is 32.2. The van der Waals surface area contributed by atoms with E-state index in [9.17, 15) is 17.9 Å². The first kappa shape index (κ1) is 18.2. The second kappa shape index (κ2) is 7.19. The van der Waals surface area contributed by atoms with Crippen LogP contribution < -0.4 is 8.92 Å². The maximum Gasteiger partial charge on any atom is 0.339 e. The van der Waals surface area contributed by atoms with Crippen molar-refractivity contribution < 1.29 is 26.8 Å². The van der Waals surface area contributed by atoms with Gasteiger partial charge in [0.15, 0.2) is 11.5 Å². The molecule has 2 aromatic rings. The van der Waals surface area contributed by atoms with E-state index >= 15 is 0 Å². The van der Waals surface area contributed by atoms with E-state index in [4.69, 9.17) is 8.92 Å². The minimum absolute atomic E-state index is 0.0391. The van der Waals surface area contributed by atoms with Gasteiger partial charge in [0.25, 0.3) is 0 Å². The van der Waals surface area contributed by atoms with Crippen LogP contribution in [0.3, 0.4) is 0 Å². The van der Waals surface area contributed by atoms with Gasteiger partial charge in [-0.15, -0.1) is 0 Å². The molecule has 2 aromatic carbocycles. The maximum absolute atomic E-state index is 13.3. The lowest BCUT2D eigenvalue weighted by Crippen LogP contribution is -2.13. The molecule has 0 saturated heterocycles. The van der Waals surface area contributed by atoms with E-state index in [0.29, 0.717) is 5.56 Å². The summed E-state index contributed by atoms with van der Waals surface area (Å²) in [7, 11) is -2.91. The van der Waals surface area contributed by atoms with Crippen molar-refractivity contribution in [3.8, 4) is 11.5 Å². The first-order chi connectivity index (χ1) is 11.3. The van der Waals surface area contributed by atoms with Crippen LogP contribution in [0.15, 0.2) is 41.3 Å². The molecule has 24 heavy (non-hydrogen) atoms. The number of aliphatic hydroxyl groups is 1. The van der Waals surface area contributed by atoms with Crippen molar-refractivity contribution in [3.63, 3.8) is 0 Å². The molecule has 1 N–H and O–H groups in total. The molecule has 0 aliphatic carbocycles. The highest BCUT2D eigenvalue weighted by Crippen LogP contribution is 2.38. The molecule has 5 nitrogen and oxygen atoms in total. The largest absolute Gasteiger partial charge is 0.493 e. The van der Waals surface area contributed by atoms with Crippen LogP contribution in [0.5, 0.6) is 11.5 Å². The Morgan fingerprint density at radius 1 is 1.21 bits per heavy atom. The first-order valence-electron chi connectivity index (χ1n) is 7.30. The Bertz CT molecular complexity index is 831. The van der Waals surface area contributed by atoms with Crippen molar-refractivity contribution in [2.75, 3.05) is 7.11 Å². The van der Waals surface area contributed by atoms with Gasteiger partial charge in [-0.05, 0) is 35.7 Å². The molecular formula is C17H19FO5S. The molecule has 0 unspecified atom stereocenters. The van der Waals surface area contributed by atoms with E-state index in [0.717, 1.165) is 17.7 Å². The van der Waals surface area contributed by atoms with Gasteiger partial charge in [-0.25, -0.2) is 4.39 Å². The fraction of sp³-hybridized carbons (Fsp3) is 0.294. The highest BCUT2D eigenvalue weighted by molar-refractivity contribution is 7.87. The van der Waals surface area contributed by atoms with E-state index in [1.165, 1.54) is 19.2 Å². The molecule has 0 fully saturated rings. The quantitative estimate of drug-likeness (QED) is 0.807. The fourth-order valence-electron chi connectivity index (χ4n) is 2.36. The van der Waals surface area contributed by atoms with Crippen molar-refractivity contribution in [2.24, 2.45) is 0 Å². The van der Waals surface area contributed by atoms with Gasteiger partial charge < -0.3 is 14.0 Å². The predicted molar refractivity (Wildman–Crippen MR) is 87.2 cm³/mol. The maximum atomic E-state index is 13.3. The Kier molecular flexibility index (Phi) is 5.46. The van der Waals surface area contributed by atoms with Crippen molar-refractivity contribution >= 4 is 10.1 Å². The van der Waals surface area contributed by atoms with Crippen LogP contribution in [-0.4, -0.2) is 20.6 Å². The number of hydrogen-bond donors (Lipinski definition) is 1. The fourth-order valence-corrected chi connectivity index (χ4v) is 3.36. The number of hydrogen-bond acceptors (Lipinski definition) is 5. The van der Waals surface area contributed by atoms with E-state index in [2.05, 4.69) is 0 Å². The van der Waals surface area contributed by atoms with Gasteiger partial charge in [-0.3, -0.25) is 0 Å². The lowest BCUT2D eigenvalue weighted by molar-refractivity contribution is 0.274. The molecule has 0 aliphatic rings. The van der Waals surface area contributed by atoms with E-state index < -0.39 is 22.5 Å². The van der Waals surface area contributed by atoms with Gasteiger partial charge in [0.1, 0.15) is 10.7 Å². The van der Waals surface area contributed by atoms with Crippen LogP contribution in [-0.2, 0) is 16.7 Å². The van der Waals surface area contributed by atoms with E-state index in [-0.39, 0.29) is 22.3 Å². The molecule has 0 saturated carbocycles. The summed E-state index contributed by atoms with van der Waals surface area (Å²) in [6.45, 7) is 3.40. The highest BCUT2D eigenvalue weighted by Gasteiger charge is 2.24. The third-order valence-electron chi connectivity index (χ3n) is 3.54. The summed E-state index contributed by atoms with van der Waals surface area (Å²) in [5.74, 6) is -0.568. The van der Waals surface area contributed by atoms with Gasteiger partial charge in [0.2, 0.25) is 0 Å². The van der Waals surface area contributed by atoms with Crippen molar-refractivity contribution in [2.45, 2.75) is 31.3 Å². The number of ether oxygens (including phenoxy) is 1. The molecule has 0 aliphatic heterocycles. The van der Waals surface area contributed by atoms with Crippen molar-refractivity contribution in [1.29, 1.82) is 0 Å². The van der Waals surface area contributed by atoms with E-state index in [1.807, 2.05) is 13.8 Å². The molecular weight excluding hydrogens is 335 g/mol. The summed E-state index contributed by atoms with van der Waals surface area (Å²) in [4.78, 5) is -0.316. The summed E-state index contributed by atoms with van der Waals surface area (Å²) >= 11 is 0. The zero-order chi connectivity index (χ0) is 17.9. The zero-order valence-corrected chi connectivity index (χ0v) is 14.4. The summed E-state index contributed by atoms with van der Waals surface area (Å²) in [5.41, 5.74) is 1.06. The zero-order valence-electron chi connectivity index (χ0n) is 13.6. The normalized spacial score (nSPS) is 11.6. The van der Waals surface area contributed by atoms with Crippen LogP contribution >= 0.6 is 0 Å². The molecule has 130 valence electrons. The molecule has 0 spiro atoms. The third-order valence-corrected chi connectivity index (χ3v) is 4.76. The minimum Gasteiger partial charge on any atom is -0.493 e. The summed E-state index contributed by atoms with van der Waals surface area (Å²) in [5, 5.41) is 9.69. The van der Waals surface area contributed by atoms with Crippen LogP contribution in [0.2, 0.25) is 0 Å². The Hall–Kier alpha value is -2.12. The summed E-state index contributed by atoms with van der Waals surface area (Å²) in [6, 6.07) is 7.84. The Balaban J connectivity index is 2.57. The van der Waals surface area contributed by atoms with Crippen LogP contribution in [0.1, 0.15) is 30.9 Å². The standard InChI is InChI=1S/C17H19FO5S/c1-11(2)14-7-8-16(22-3)17(15(14)10-19)23-24(20,21)13-6-4-5-12(18)9-13/h4-9,11,19H,10H2,1-3H3. The topological polar surface area (TPSA) is 72.8 Å². The number of halogens is 1. The molecule has 2 rings (SSSR count).